The van der Waals surface area contributed by atoms with Gasteiger partial charge < -0.3 is 10.2 Å². The van der Waals surface area contributed by atoms with Crippen LogP contribution in [0.1, 0.15) is 12.8 Å². The van der Waals surface area contributed by atoms with Gasteiger partial charge in [0.2, 0.25) is 0 Å². The minimum Gasteiger partial charge on any atom is -0.395 e. The predicted octanol–water partition coefficient (Wildman–Crippen LogP) is 0.0428. The standard InChI is InChI=1S/C8H16ClNO2/c9-5-8(12)6-10(3-4-11)7-1-2-7/h7-8,11-12H,1-6H2. The second-order valence-corrected chi connectivity index (χ2v) is 3.57. The molecule has 1 aliphatic rings. The lowest BCUT2D eigenvalue weighted by molar-refractivity contribution is 0.108. The first-order chi connectivity index (χ1) is 5.77. The molecule has 0 saturated heterocycles. The van der Waals surface area contributed by atoms with Crippen LogP contribution < -0.4 is 0 Å². The fourth-order valence-corrected chi connectivity index (χ4v) is 1.41. The van der Waals surface area contributed by atoms with Crippen molar-refractivity contribution in [1.29, 1.82) is 0 Å². The van der Waals surface area contributed by atoms with Crippen molar-refractivity contribution in [2.75, 3.05) is 25.6 Å². The lowest BCUT2D eigenvalue weighted by atomic mass is 10.3. The molecule has 3 nitrogen and oxygen atoms in total. The van der Waals surface area contributed by atoms with Gasteiger partial charge in [-0.3, -0.25) is 4.90 Å². The van der Waals surface area contributed by atoms with Crippen LogP contribution in [-0.2, 0) is 0 Å². The molecule has 0 heterocycles. The summed E-state index contributed by atoms with van der Waals surface area (Å²) in [5.41, 5.74) is 0. The van der Waals surface area contributed by atoms with Gasteiger partial charge in [-0.15, -0.1) is 11.6 Å². The summed E-state index contributed by atoms with van der Waals surface area (Å²) in [6, 6.07) is 0.579. The van der Waals surface area contributed by atoms with Crippen molar-refractivity contribution < 1.29 is 10.2 Å². The van der Waals surface area contributed by atoms with E-state index in [2.05, 4.69) is 4.90 Å². The van der Waals surface area contributed by atoms with Crippen LogP contribution in [0.5, 0.6) is 0 Å². The van der Waals surface area contributed by atoms with Crippen molar-refractivity contribution in [3.8, 4) is 0 Å². The highest BCUT2D eigenvalue weighted by Crippen LogP contribution is 2.26. The Balaban J connectivity index is 2.22. The van der Waals surface area contributed by atoms with Gasteiger partial charge in [-0.2, -0.15) is 0 Å². The third-order valence-corrected chi connectivity index (χ3v) is 2.43. The Kier molecular flexibility index (Phi) is 4.29. The van der Waals surface area contributed by atoms with Crippen LogP contribution in [0.4, 0.5) is 0 Å². The lowest BCUT2D eigenvalue weighted by Gasteiger charge is -2.22. The molecule has 1 atom stereocenters. The summed E-state index contributed by atoms with van der Waals surface area (Å²) in [4.78, 5) is 2.10. The molecular formula is C8H16ClNO2. The van der Waals surface area contributed by atoms with Crippen LogP contribution in [0.15, 0.2) is 0 Å². The molecular weight excluding hydrogens is 178 g/mol. The van der Waals surface area contributed by atoms with E-state index >= 15 is 0 Å². The predicted molar refractivity (Wildman–Crippen MR) is 48.4 cm³/mol. The van der Waals surface area contributed by atoms with E-state index in [9.17, 15) is 5.11 Å². The van der Waals surface area contributed by atoms with Gasteiger partial charge in [-0.1, -0.05) is 0 Å². The highest BCUT2D eigenvalue weighted by Gasteiger charge is 2.29. The van der Waals surface area contributed by atoms with Gasteiger partial charge in [0, 0.05) is 25.0 Å². The molecule has 1 unspecified atom stereocenters. The van der Waals surface area contributed by atoms with Crippen molar-refractivity contribution in [2.45, 2.75) is 25.0 Å². The third kappa shape index (κ3) is 3.27. The summed E-state index contributed by atoms with van der Waals surface area (Å²) in [7, 11) is 0. The quantitative estimate of drug-likeness (QED) is 0.586. The minimum atomic E-state index is -0.459. The highest BCUT2D eigenvalue weighted by atomic mass is 35.5. The molecule has 0 aliphatic heterocycles. The highest BCUT2D eigenvalue weighted by molar-refractivity contribution is 6.18. The van der Waals surface area contributed by atoms with E-state index in [0.717, 1.165) is 0 Å². The van der Waals surface area contributed by atoms with Gasteiger partial charge in [-0.25, -0.2) is 0 Å². The third-order valence-electron chi connectivity index (χ3n) is 2.07. The maximum atomic E-state index is 9.28. The van der Waals surface area contributed by atoms with E-state index in [1.54, 1.807) is 0 Å². The van der Waals surface area contributed by atoms with Crippen LogP contribution >= 0.6 is 11.6 Å². The van der Waals surface area contributed by atoms with E-state index in [-0.39, 0.29) is 12.5 Å². The second-order valence-electron chi connectivity index (χ2n) is 3.26. The normalized spacial score (nSPS) is 20.0. The average Bonchev–Trinajstić information content (AvgIpc) is 2.86. The van der Waals surface area contributed by atoms with E-state index in [0.29, 0.717) is 19.1 Å². The largest absolute Gasteiger partial charge is 0.395 e. The fraction of sp³-hybridized carbons (Fsp3) is 1.00. The Bertz CT molecular complexity index is 130. The maximum Gasteiger partial charge on any atom is 0.0802 e. The molecule has 1 fully saturated rings. The molecule has 1 saturated carbocycles. The number of alkyl halides is 1. The fourth-order valence-electron chi connectivity index (χ4n) is 1.31. The average molecular weight is 194 g/mol. The molecule has 0 aromatic rings. The van der Waals surface area contributed by atoms with Gasteiger partial charge in [0.1, 0.15) is 0 Å². The Morgan fingerprint density at radius 1 is 1.50 bits per heavy atom. The molecule has 2 N–H and O–H groups in total. The number of halogens is 1. The zero-order valence-electron chi connectivity index (χ0n) is 7.12. The zero-order valence-corrected chi connectivity index (χ0v) is 7.87. The molecule has 0 aromatic heterocycles. The van der Waals surface area contributed by atoms with Crippen LogP contribution in [0.3, 0.4) is 0 Å². The Hall–Kier alpha value is 0.170. The van der Waals surface area contributed by atoms with Gasteiger partial charge in [0.15, 0.2) is 0 Å². The van der Waals surface area contributed by atoms with Crippen molar-refractivity contribution in [3.05, 3.63) is 0 Å². The molecule has 72 valence electrons. The Morgan fingerprint density at radius 2 is 2.17 bits per heavy atom. The molecule has 0 amide bonds. The summed E-state index contributed by atoms with van der Waals surface area (Å²) < 4.78 is 0. The van der Waals surface area contributed by atoms with Crippen LogP contribution in [0, 0.1) is 0 Å². The lowest BCUT2D eigenvalue weighted by Crippen LogP contribution is -2.36. The van der Waals surface area contributed by atoms with Crippen molar-refractivity contribution >= 4 is 11.6 Å². The molecule has 0 spiro atoms. The van der Waals surface area contributed by atoms with Crippen LogP contribution in [-0.4, -0.2) is 52.8 Å². The van der Waals surface area contributed by atoms with Crippen molar-refractivity contribution in [3.63, 3.8) is 0 Å². The summed E-state index contributed by atoms with van der Waals surface area (Å²) in [5.74, 6) is 0.272. The molecule has 4 heteroatoms. The molecule has 12 heavy (non-hydrogen) atoms. The number of hydrogen-bond donors (Lipinski definition) is 2. The van der Waals surface area contributed by atoms with Gasteiger partial charge in [0.05, 0.1) is 12.7 Å². The Morgan fingerprint density at radius 3 is 2.58 bits per heavy atom. The van der Waals surface area contributed by atoms with E-state index in [4.69, 9.17) is 16.7 Å². The van der Waals surface area contributed by atoms with Gasteiger partial charge in [0.25, 0.3) is 0 Å². The van der Waals surface area contributed by atoms with E-state index in [1.807, 2.05) is 0 Å². The number of rotatable bonds is 6. The molecule has 1 aliphatic carbocycles. The number of aliphatic hydroxyl groups excluding tert-OH is 2. The topological polar surface area (TPSA) is 43.7 Å². The SMILES string of the molecule is OCCN(CC(O)CCl)C1CC1. The first kappa shape index (κ1) is 10.3. The van der Waals surface area contributed by atoms with Crippen LogP contribution in [0.2, 0.25) is 0 Å². The molecule has 0 aromatic carbocycles. The van der Waals surface area contributed by atoms with Crippen molar-refractivity contribution in [2.24, 2.45) is 0 Å². The van der Waals surface area contributed by atoms with Crippen LogP contribution in [0.25, 0.3) is 0 Å². The summed E-state index contributed by atoms with van der Waals surface area (Å²) in [5, 5.41) is 18.0. The van der Waals surface area contributed by atoms with Gasteiger partial charge >= 0.3 is 0 Å². The summed E-state index contributed by atoms with van der Waals surface area (Å²) in [6.45, 7) is 1.40. The first-order valence-corrected chi connectivity index (χ1v) is 4.90. The number of nitrogens with zero attached hydrogens (tertiary/aromatic N) is 1. The Labute approximate surface area is 77.9 Å². The molecule has 0 radical (unpaired) electrons. The maximum absolute atomic E-state index is 9.28. The van der Waals surface area contributed by atoms with Gasteiger partial charge in [-0.05, 0) is 12.8 Å². The molecule has 1 rings (SSSR count). The summed E-state index contributed by atoms with van der Waals surface area (Å²) >= 11 is 5.48. The number of hydrogen-bond acceptors (Lipinski definition) is 3. The second kappa shape index (κ2) is 5.02. The monoisotopic (exact) mass is 193 g/mol. The van der Waals surface area contributed by atoms with E-state index in [1.165, 1.54) is 12.8 Å². The molecule has 0 bridgehead atoms. The smallest absolute Gasteiger partial charge is 0.0802 e. The minimum absolute atomic E-state index is 0.158. The number of aliphatic hydroxyl groups is 2. The zero-order chi connectivity index (χ0) is 8.97. The summed E-state index contributed by atoms with van der Waals surface area (Å²) in [6.07, 6.45) is 1.92. The first-order valence-electron chi connectivity index (χ1n) is 4.37. The van der Waals surface area contributed by atoms with E-state index < -0.39 is 6.10 Å². The van der Waals surface area contributed by atoms with Crippen molar-refractivity contribution in [1.82, 2.24) is 4.90 Å².